The number of rotatable bonds is 6. The zero-order valence-corrected chi connectivity index (χ0v) is 12.3. The van der Waals surface area contributed by atoms with E-state index < -0.39 is 12.3 Å². The van der Waals surface area contributed by atoms with E-state index in [0.29, 0.717) is 5.56 Å². The van der Waals surface area contributed by atoms with E-state index in [2.05, 4.69) is 15.1 Å². The van der Waals surface area contributed by atoms with Crippen molar-refractivity contribution in [2.45, 2.75) is 32.1 Å². The number of benzene rings is 1. The molecular formula is C16H19F2N3O. The molecule has 1 aliphatic rings. The van der Waals surface area contributed by atoms with Crippen LogP contribution >= 0.6 is 0 Å². The van der Waals surface area contributed by atoms with Crippen molar-refractivity contribution in [3.05, 3.63) is 35.7 Å². The average molecular weight is 307 g/mol. The minimum absolute atomic E-state index is 0.138. The minimum Gasteiger partial charge on any atom is -0.415 e. The van der Waals surface area contributed by atoms with Crippen LogP contribution in [-0.4, -0.2) is 34.7 Å². The summed E-state index contributed by atoms with van der Waals surface area (Å²) in [5, 5.41) is 6.98. The Bertz CT molecular complexity index is 592. The summed E-state index contributed by atoms with van der Waals surface area (Å²) >= 11 is 0. The fourth-order valence-electron chi connectivity index (χ4n) is 2.77. The van der Waals surface area contributed by atoms with Crippen LogP contribution in [0.3, 0.4) is 0 Å². The quantitative estimate of drug-likeness (QED) is 0.816. The van der Waals surface area contributed by atoms with E-state index in [0.717, 1.165) is 19.4 Å². The van der Waals surface area contributed by atoms with Crippen LogP contribution in [0.4, 0.5) is 8.78 Å². The summed E-state index contributed by atoms with van der Waals surface area (Å²) in [6.07, 6.45) is 2.06. The molecule has 0 amide bonds. The second-order valence-corrected chi connectivity index (χ2v) is 5.60. The molecule has 1 fully saturated rings. The van der Waals surface area contributed by atoms with Crippen LogP contribution in [0, 0.1) is 0 Å². The van der Waals surface area contributed by atoms with Crippen molar-refractivity contribution < 1.29 is 13.2 Å². The predicted octanol–water partition coefficient (Wildman–Crippen LogP) is 3.70. The zero-order chi connectivity index (χ0) is 15.4. The monoisotopic (exact) mass is 307 g/mol. The van der Waals surface area contributed by atoms with Gasteiger partial charge in [-0.1, -0.05) is 12.1 Å². The molecule has 1 aromatic carbocycles. The molecule has 2 heterocycles. The highest BCUT2D eigenvalue weighted by atomic mass is 19.3. The van der Waals surface area contributed by atoms with Crippen LogP contribution < -0.4 is 0 Å². The van der Waals surface area contributed by atoms with E-state index in [1.807, 2.05) is 24.3 Å². The van der Waals surface area contributed by atoms with Gasteiger partial charge in [0.2, 0.25) is 5.89 Å². The summed E-state index contributed by atoms with van der Waals surface area (Å²) in [7, 11) is 0. The molecule has 0 spiro atoms. The third-order valence-corrected chi connectivity index (χ3v) is 3.97. The van der Waals surface area contributed by atoms with Crippen molar-refractivity contribution in [1.82, 2.24) is 15.1 Å². The van der Waals surface area contributed by atoms with Gasteiger partial charge in [0.25, 0.3) is 5.89 Å². The van der Waals surface area contributed by atoms with Gasteiger partial charge >= 0.3 is 6.43 Å². The average Bonchev–Trinajstić information content (AvgIpc) is 3.19. The van der Waals surface area contributed by atoms with E-state index in [1.165, 1.54) is 31.5 Å². The lowest BCUT2D eigenvalue weighted by Crippen LogP contribution is -2.20. The molecule has 1 aliphatic heterocycles. The van der Waals surface area contributed by atoms with Crippen molar-refractivity contribution in [3.8, 4) is 11.5 Å². The highest BCUT2D eigenvalue weighted by molar-refractivity contribution is 5.52. The molecule has 118 valence electrons. The Hall–Kier alpha value is -1.82. The molecular weight excluding hydrogens is 288 g/mol. The van der Waals surface area contributed by atoms with E-state index in [1.54, 1.807) is 0 Å². The molecule has 0 saturated carbocycles. The molecule has 2 aromatic rings. The maximum absolute atomic E-state index is 12.4. The van der Waals surface area contributed by atoms with E-state index in [9.17, 15) is 8.78 Å². The first kappa shape index (κ1) is 15.1. The largest absolute Gasteiger partial charge is 0.415 e. The van der Waals surface area contributed by atoms with Crippen molar-refractivity contribution in [1.29, 1.82) is 0 Å². The maximum Gasteiger partial charge on any atom is 0.314 e. The number of aryl methyl sites for hydroxylation is 1. The van der Waals surface area contributed by atoms with E-state index in [4.69, 9.17) is 4.42 Å². The highest BCUT2D eigenvalue weighted by Crippen LogP contribution is 2.23. The number of alkyl halides is 2. The molecule has 0 bridgehead atoms. The normalized spacial score (nSPS) is 15.8. The number of likely N-dealkylation sites (tertiary alicyclic amines) is 1. The molecule has 22 heavy (non-hydrogen) atoms. The Kier molecular flexibility index (Phi) is 4.77. The summed E-state index contributed by atoms with van der Waals surface area (Å²) in [4.78, 5) is 2.50. The lowest BCUT2D eigenvalue weighted by atomic mass is 10.1. The van der Waals surface area contributed by atoms with Crippen molar-refractivity contribution in [2.75, 3.05) is 19.6 Å². The molecule has 3 rings (SSSR count). The van der Waals surface area contributed by atoms with Crippen LogP contribution in [-0.2, 0) is 6.42 Å². The second kappa shape index (κ2) is 6.96. The third kappa shape index (κ3) is 3.68. The highest BCUT2D eigenvalue weighted by Gasteiger charge is 2.16. The summed E-state index contributed by atoms with van der Waals surface area (Å²) in [5.74, 6) is -0.497. The topological polar surface area (TPSA) is 42.2 Å². The van der Waals surface area contributed by atoms with Crippen LogP contribution in [0.5, 0.6) is 0 Å². The van der Waals surface area contributed by atoms with Gasteiger partial charge in [-0.15, -0.1) is 10.2 Å². The van der Waals surface area contributed by atoms with Crippen LogP contribution in [0.2, 0.25) is 0 Å². The van der Waals surface area contributed by atoms with Gasteiger partial charge in [0.1, 0.15) is 0 Å². The Morgan fingerprint density at radius 1 is 1.09 bits per heavy atom. The first-order chi connectivity index (χ1) is 10.7. The molecule has 0 unspecified atom stereocenters. The van der Waals surface area contributed by atoms with Gasteiger partial charge in [-0.2, -0.15) is 8.78 Å². The van der Waals surface area contributed by atoms with E-state index >= 15 is 0 Å². The van der Waals surface area contributed by atoms with Crippen molar-refractivity contribution in [3.63, 3.8) is 0 Å². The molecule has 0 aliphatic carbocycles. The van der Waals surface area contributed by atoms with Crippen molar-refractivity contribution in [2.24, 2.45) is 0 Å². The Balaban J connectivity index is 1.55. The minimum atomic E-state index is -2.73. The maximum atomic E-state index is 12.4. The Labute approximate surface area is 128 Å². The van der Waals surface area contributed by atoms with Gasteiger partial charge < -0.3 is 9.32 Å². The summed E-state index contributed by atoms with van der Waals surface area (Å²) < 4.78 is 29.8. The molecule has 0 atom stereocenters. The van der Waals surface area contributed by atoms with Gasteiger partial charge in [0.05, 0.1) is 0 Å². The van der Waals surface area contributed by atoms with Crippen LogP contribution in [0.1, 0.15) is 37.1 Å². The second-order valence-electron chi connectivity index (χ2n) is 5.60. The number of hydrogen-bond acceptors (Lipinski definition) is 4. The SMILES string of the molecule is FC(F)c1nnc(-c2ccc(CCCN3CCCC3)cc2)o1. The lowest BCUT2D eigenvalue weighted by molar-refractivity contribution is 0.116. The smallest absolute Gasteiger partial charge is 0.314 e. The van der Waals surface area contributed by atoms with Gasteiger partial charge in [0.15, 0.2) is 0 Å². The zero-order valence-electron chi connectivity index (χ0n) is 12.3. The number of aromatic nitrogens is 2. The number of nitrogens with zero attached hydrogens (tertiary/aromatic N) is 3. The molecule has 1 aromatic heterocycles. The Morgan fingerprint density at radius 2 is 1.82 bits per heavy atom. The van der Waals surface area contributed by atoms with Gasteiger partial charge in [-0.25, -0.2) is 0 Å². The molecule has 0 N–H and O–H groups in total. The number of hydrogen-bond donors (Lipinski definition) is 0. The molecule has 6 heteroatoms. The van der Waals surface area contributed by atoms with Crippen LogP contribution in [0.15, 0.2) is 28.7 Å². The van der Waals surface area contributed by atoms with Gasteiger partial charge in [-0.05, 0) is 63.0 Å². The van der Waals surface area contributed by atoms with Crippen molar-refractivity contribution >= 4 is 0 Å². The fraction of sp³-hybridized carbons (Fsp3) is 0.500. The first-order valence-corrected chi connectivity index (χ1v) is 7.65. The third-order valence-electron chi connectivity index (χ3n) is 3.97. The fourth-order valence-corrected chi connectivity index (χ4v) is 2.77. The summed E-state index contributed by atoms with van der Waals surface area (Å²) in [6.45, 7) is 3.59. The molecule has 4 nitrogen and oxygen atoms in total. The van der Waals surface area contributed by atoms with E-state index in [-0.39, 0.29) is 5.89 Å². The Morgan fingerprint density at radius 3 is 2.45 bits per heavy atom. The van der Waals surface area contributed by atoms with Gasteiger partial charge in [0, 0.05) is 5.56 Å². The summed E-state index contributed by atoms with van der Waals surface area (Å²) in [6, 6.07) is 7.67. The lowest BCUT2D eigenvalue weighted by Gasteiger charge is -2.13. The standard InChI is InChI=1S/C16H19F2N3O/c17-14(18)16-20-19-15(22-16)13-7-5-12(6-8-13)4-3-11-21-9-1-2-10-21/h5-8,14H,1-4,9-11H2. The molecule has 0 radical (unpaired) electrons. The number of halogens is 2. The summed E-state index contributed by atoms with van der Waals surface area (Å²) in [5.41, 5.74) is 1.90. The van der Waals surface area contributed by atoms with Crippen LogP contribution in [0.25, 0.3) is 11.5 Å². The first-order valence-electron chi connectivity index (χ1n) is 7.65. The van der Waals surface area contributed by atoms with Gasteiger partial charge in [-0.3, -0.25) is 0 Å². The molecule has 1 saturated heterocycles. The predicted molar refractivity (Wildman–Crippen MR) is 78.7 cm³/mol.